The second-order valence-corrected chi connectivity index (χ2v) is 10.4. The summed E-state index contributed by atoms with van der Waals surface area (Å²) in [6, 6.07) is 1.61. The van der Waals surface area contributed by atoms with E-state index in [9.17, 15) is 8.42 Å². The van der Waals surface area contributed by atoms with Crippen molar-refractivity contribution in [1.29, 1.82) is 0 Å². The van der Waals surface area contributed by atoms with Gasteiger partial charge >= 0.3 is 0 Å². The number of hydrogen-bond acceptors (Lipinski definition) is 4. The average Bonchev–Trinajstić information content (AvgIpc) is 2.86. The quantitative estimate of drug-likeness (QED) is 0.703. The van der Waals surface area contributed by atoms with Crippen LogP contribution in [0.2, 0.25) is 0 Å². The Bertz CT molecular complexity index is 580. The zero-order chi connectivity index (χ0) is 15.7. The lowest BCUT2D eigenvalue weighted by Crippen LogP contribution is -2.47. The van der Waals surface area contributed by atoms with Crippen molar-refractivity contribution >= 4 is 27.5 Å². The molecule has 1 aliphatic heterocycles. The molecule has 1 aliphatic rings. The van der Waals surface area contributed by atoms with E-state index >= 15 is 0 Å². The molecule has 1 aromatic heterocycles. The van der Waals surface area contributed by atoms with E-state index in [1.54, 1.807) is 16.9 Å². The van der Waals surface area contributed by atoms with Gasteiger partial charge in [0.25, 0.3) is 10.0 Å². The maximum atomic E-state index is 12.5. The zero-order valence-corrected chi connectivity index (χ0v) is 15.8. The first kappa shape index (κ1) is 17.3. The maximum Gasteiger partial charge on any atom is 0.268 e. The average molecular weight is 350 g/mol. The van der Waals surface area contributed by atoms with Crippen LogP contribution in [0, 0.1) is 0 Å². The molecule has 120 valence electrons. The van der Waals surface area contributed by atoms with Crippen LogP contribution >= 0.6 is 17.5 Å². The molecule has 2 heterocycles. The Hall–Kier alpha value is -0.0600. The molecule has 0 amide bonds. The maximum absolute atomic E-state index is 12.5. The minimum absolute atomic E-state index is 0.155. The molecular formula is C12H24N4O2P2S. The van der Waals surface area contributed by atoms with E-state index < -0.39 is 10.0 Å². The summed E-state index contributed by atoms with van der Waals surface area (Å²) in [4.78, 5) is 2.36. The van der Waals surface area contributed by atoms with Crippen LogP contribution in [0.15, 0.2) is 17.3 Å². The summed E-state index contributed by atoms with van der Waals surface area (Å²) in [5.74, 6) is 0. The number of nitrogens with zero attached hydrogens (tertiary/aromatic N) is 4. The van der Waals surface area contributed by atoms with Gasteiger partial charge in [0.2, 0.25) is 0 Å². The molecule has 1 fully saturated rings. The summed E-state index contributed by atoms with van der Waals surface area (Å²) < 4.78 is 28.2. The van der Waals surface area contributed by atoms with E-state index in [1.807, 2.05) is 13.3 Å². The van der Waals surface area contributed by atoms with Crippen LogP contribution < -0.4 is 0 Å². The predicted octanol–water partition coefficient (Wildman–Crippen LogP) is 1.76. The molecule has 21 heavy (non-hydrogen) atoms. The molecule has 0 N–H and O–H groups in total. The summed E-state index contributed by atoms with van der Waals surface area (Å²) in [6.07, 6.45) is 3.03. The summed E-state index contributed by atoms with van der Waals surface area (Å²) in [5, 5.41) is 4.51. The molecule has 0 radical (unpaired) electrons. The smallest absolute Gasteiger partial charge is 0.268 e. The largest absolute Gasteiger partial charge is 0.301 e. The normalized spacial score (nSPS) is 18.3. The van der Waals surface area contributed by atoms with Crippen molar-refractivity contribution < 1.29 is 8.42 Å². The highest BCUT2D eigenvalue weighted by atomic mass is 32.2. The molecule has 0 aromatic carbocycles. The predicted molar refractivity (Wildman–Crippen MR) is 90.1 cm³/mol. The third-order valence-electron chi connectivity index (χ3n) is 3.65. The number of likely N-dealkylation sites (tertiary alicyclic amines) is 1. The standard InChI is InChI=1S/C12H24N4O2P2S/c1-12(2,10-14-7-5-8-14)15-9-6-11(13-15)21(17,18)16(19-3)20-4/h6,9,19-20H,5,7-8,10H2,1-4H3. The van der Waals surface area contributed by atoms with Gasteiger partial charge in [-0.25, -0.2) is 8.42 Å². The monoisotopic (exact) mass is 350 g/mol. The van der Waals surface area contributed by atoms with Gasteiger partial charge < -0.3 is 4.90 Å². The van der Waals surface area contributed by atoms with Crippen LogP contribution in [-0.4, -0.2) is 59.9 Å². The van der Waals surface area contributed by atoms with Gasteiger partial charge in [0, 0.05) is 12.7 Å². The van der Waals surface area contributed by atoms with Gasteiger partial charge in [-0.3, -0.25) is 4.68 Å². The van der Waals surface area contributed by atoms with Crippen LogP contribution in [0.5, 0.6) is 0 Å². The molecule has 0 aliphatic carbocycles. The fourth-order valence-corrected chi connectivity index (χ4v) is 6.38. The fourth-order valence-electron chi connectivity index (χ4n) is 2.39. The van der Waals surface area contributed by atoms with E-state index in [2.05, 4.69) is 23.8 Å². The molecule has 0 saturated carbocycles. The lowest BCUT2D eigenvalue weighted by atomic mass is 10.0. The van der Waals surface area contributed by atoms with Crippen LogP contribution in [0.4, 0.5) is 0 Å². The molecule has 0 spiro atoms. The van der Waals surface area contributed by atoms with Crippen molar-refractivity contribution in [1.82, 2.24) is 18.5 Å². The van der Waals surface area contributed by atoms with Gasteiger partial charge in [0.05, 0.1) is 5.54 Å². The summed E-state index contributed by atoms with van der Waals surface area (Å²) in [7, 11) is -2.99. The molecule has 1 aromatic rings. The molecular weight excluding hydrogens is 326 g/mol. The van der Waals surface area contributed by atoms with Gasteiger partial charge in [-0.1, -0.05) is 0 Å². The Morgan fingerprint density at radius 1 is 1.33 bits per heavy atom. The van der Waals surface area contributed by atoms with Crippen molar-refractivity contribution in [2.45, 2.75) is 30.8 Å². The SMILES string of the molecule is CPN(PC)S(=O)(=O)c1ccn(C(C)(C)CN2CCC2)n1. The Morgan fingerprint density at radius 2 is 1.95 bits per heavy atom. The third-order valence-corrected chi connectivity index (χ3v) is 9.57. The minimum Gasteiger partial charge on any atom is -0.301 e. The molecule has 6 nitrogen and oxygen atoms in total. The van der Waals surface area contributed by atoms with Gasteiger partial charge in [-0.05, 0) is 70.2 Å². The van der Waals surface area contributed by atoms with E-state index in [0.717, 1.165) is 19.6 Å². The summed E-state index contributed by atoms with van der Waals surface area (Å²) in [5.41, 5.74) is -0.206. The summed E-state index contributed by atoms with van der Waals surface area (Å²) in [6.45, 7) is 11.1. The van der Waals surface area contributed by atoms with Crippen LogP contribution in [-0.2, 0) is 15.6 Å². The molecule has 2 unspecified atom stereocenters. The number of aromatic nitrogens is 2. The first-order valence-electron chi connectivity index (χ1n) is 7.00. The van der Waals surface area contributed by atoms with Crippen LogP contribution in [0.1, 0.15) is 20.3 Å². The first-order valence-corrected chi connectivity index (χ1v) is 11.3. The van der Waals surface area contributed by atoms with Crippen LogP contribution in [0.25, 0.3) is 0 Å². The lowest BCUT2D eigenvalue weighted by Gasteiger charge is -2.38. The second kappa shape index (κ2) is 6.59. The molecule has 9 heteroatoms. The van der Waals surface area contributed by atoms with Crippen molar-refractivity contribution in [2.24, 2.45) is 0 Å². The molecule has 0 bridgehead atoms. The van der Waals surface area contributed by atoms with Gasteiger partial charge in [-0.15, -0.1) is 0 Å². The number of rotatable bonds is 7. The highest BCUT2D eigenvalue weighted by Gasteiger charge is 2.30. The van der Waals surface area contributed by atoms with Crippen molar-refractivity contribution in [3.63, 3.8) is 0 Å². The molecule has 2 rings (SSSR count). The van der Waals surface area contributed by atoms with Crippen molar-refractivity contribution in [2.75, 3.05) is 33.0 Å². The third kappa shape index (κ3) is 3.65. The highest BCUT2D eigenvalue weighted by molar-refractivity contribution is 7.97. The first-order chi connectivity index (χ1) is 9.81. The van der Waals surface area contributed by atoms with E-state index in [0.29, 0.717) is 0 Å². The highest BCUT2D eigenvalue weighted by Crippen LogP contribution is 2.34. The molecule has 1 saturated heterocycles. The number of sulfonamides is 1. The number of hydrogen-bond donors (Lipinski definition) is 0. The van der Waals surface area contributed by atoms with Gasteiger partial charge in [0.1, 0.15) is 0 Å². The topological polar surface area (TPSA) is 58.4 Å². The van der Waals surface area contributed by atoms with Crippen molar-refractivity contribution in [3.8, 4) is 0 Å². The molecule has 2 atom stereocenters. The summed E-state index contributed by atoms with van der Waals surface area (Å²) >= 11 is 0. The fraction of sp³-hybridized carbons (Fsp3) is 0.750. The minimum atomic E-state index is -3.45. The van der Waals surface area contributed by atoms with Crippen LogP contribution in [0.3, 0.4) is 0 Å². The zero-order valence-electron chi connectivity index (χ0n) is 13.0. The Kier molecular flexibility index (Phi) is 5.43. The van der Waals surface area contributed by atoms with Crippen molar-refractivity contribution in [3.05, 3.63) is 12.3 Å². The van der Waals surface area contributed by atoms with Gasteiger partial charge in [0.15, 0.2) is 5.03 Å². The lowest BCUT2D eigenvalue weighted by molar-refractivity contribution is 0.112. The van der Waals surface area contributed by atoms with E-state index in [1.165, 1.54) is 10.3 Å². The van der Waals surface area contributed by atoms with E-state index in [4.69, 9.17) is 0 Å². The Labute approximate surface area is 131 Å². The Morgan fingerprint density at radius 3 is 2.43 bits per heavy atom. The Balaban J connectivity index is 2.20. The van der Waals surface area contributed by atoms with Gasteiger partial charge in [-0.2, -0.15) is 8.94 Å². The second-order valence-electron chi connectivity index (χ2n) is 5.76. The van der Waals surface area contributed by atoms with E-state index in [-0.39, 0.29) is 28.0 Å².